The Kier molecular flexibility index (Phi) is 8.07. The molecule has 1 aromatic heterocycles. The maximum absolute atomic E-state index is 13.5. The molecule has 0 saturated carbocycles. The highest BCUT2D eigenvalue weighted by Gasteiger charge is 2.28. The summed E-state index contributed by atoms with van der Waals surface area (Å²) in [6.45, 7) is -0.486. The van der Waals surface area contributed by atoms with Gasteiger partial charge in [-0.1, -0.05) is 18.2 Å². The van der Waals surface area contributed by atoms with Crippen LogP contribution in [0.15, 0.2) is 102 Å². The van der Waals surface area contributed by atoms with E-state index in [-0.39, 0.29) is 28.4 Å². The Bertz CT molecular complexity index is 1530. The smallest absolute Gasteiger partial charge is 0.264 e. The number of para-hydroxylation sites is 1. The number of carbonyl (C=O) groups excluding carboxylic acids is 2. The number of carbonyl (C=O) groups is 2. The van der Waals surface area contributed by atoms with Crippen LogP contribution in [0.1, 0.15) is 15.9 Å². The van der Waals surface area contributed by atoms with Gasteiger partial charge in [-0.05, 0) is 72.3 Å². The normalized spacial score (nSPS) is 11.0. The third kappa shape index (κ3) is 6.37. The van der Waals surface area contributed by atoms with Crippen LogP contribution < -0.4 is 14.9 Å². The van der Waals surface area contributed by atoms with Gasteiger partial charge in [-0.2, -0.15) is 0 Å². The molecule has 38 heavy (non-hydrogen) atoms. The largest absolute Gasteiger partial charge is 0.348 e. The average Bonchev–Trinajstić information content (AvgIpc) is 2.92. The summed E-state index contributed by atoms with van der Waals surface area (Å²) in [6.07, 6.45) is 3.22. The summed E-state index contributed by atoms with van der Waals surface area (Å²) in [5, 5.41) is 5.33. The number of hydrogen-bond donors (Lipinski definition) is 2. The molecule has 2 amide bonds. The molecular weight excluding hydrogens is 514 g/mol. The summed E-state index contributed by atoms with van der Waals surface area (Å²) in [7, 11) is -4.34. The minimum Gasteiger partial charge on any atom is -0.348 e. The highest BCUT2D eigenvalue weighted by Crippen LogP contribution is 2.25. The van der Waals surface area contributed by atoms with Crippen LogP contribution >= 0.6 is 0 Å². The van der Waals surface area contributed by atoms with Gasteiger partial charge in [0.1, 0.15) is 18.2 Å². The van der Waals surface area contributed by atoms with Crippen molar-refractivity contribution in [3.63, 3.8) is 0 Å². The van der Waals surface area contributed by atoms with Gasteiger partial charge >= 0.3 is 0 Å². The third-order valence-corrected chi connectivity index (χ3v) is 7.21. The quantitative estimate of drug-likeness (QED) is 0.335. The van der Waals surface area contributed by atoms with Crippen LogP contribution in [0, 0.1) is 11.6 Å². The molecular formula is C27H22F2N4O4S. The fourth-order valence-electron chi connectivity index (χ4n) is 3.55. The van der Waals surface area contributed by atoms with Crippen molar-refractivity contribution in [3.05, 3.63) is 120 Å². The zero-order valence-electron chi connectivity index (χ0n) is 19.8. The second-order valence-electron chi connectivity index (χ2n) is 8.08. The first-order chi connectivity index (χ1) is 18.2. The van der Waals surface area contributed by atoms with E-state index in [2.05, 4.69) is 15.6 Å². The number of anilines is 2. The minimum absolute atomic E-state index is 0.0216. The molecule has 0 atom stereocenters. The highest BCUT2D eigenvalue weighted by atomic mass is 32.2. The number of rotatable bonds is 9. The van der Waals surface area contributed by atoms with Crippen molar-refractivity contribution in [1.29, 1.82) is 0 Å². The molecule has 2 N–H and O–H groups in total. The molecule has 0 aliphatic rings. The Hall–Kier alpha value is -4.64. The zero-order valence-corrected chi connectivity index (χ0v) is 20.7. The van der Waals surface area contributed by atoms with Gasteiger partial charge in [0, 0.05) is 18.9 Å². The van der Waals surface area contributed by atoms with Crippen molar-refractivity contribution in [2.45, 2.75) is 11.4 Å². The van der Waals surface area contributed by atoms with Crippen molar-refractivity contribution in [2.24, 2.45) is 0 Å². The second-order valence-corrected chi connectivity index (χ2v) is 9.94. The maximum atomic E-state index is 13.5. The standard InChI is InChI=1S/C27H22F2N4O4S/c28-20-7-11-22(12-8-20)33(38(36,37)23-13-9-21(29)10-14-23)18-26(34)32-25-6-2-1-5-24(25)27(35)31-17-19-4-3-15-30-16-19/h1-16H,17-18H2,(H,31,35)(H,32,34). The molecule has 0 unspecified atom stereocenters. The van der Waals surface area contributed by atoms with Crippen LogP contribution in [-0.2, 0) is 21.4 Å². The fourth-order valence-corrected chi connectivity index (χ4v) is 4.97. The first-order valence-corrected chi connectivity index (χ1v) is 12.8. The number of halogens is 2. The minimum atomic E-state index is -4.34. The summed E-state index contributed by atoms with van der Waals surface area (Å²) in [4.78, 5) is 29.6. The third-order valence-electron chi connectivity index (χ3n) is 5.43. The van der Waals surface area contributed by atoms with Gasteiger partial charge in [-0.15, -0.1) is 0 Å². The van der Waals surface area contributed by atoms with E-state index in [0.717, 1.165) is 46.3 Å². The Morgan fingerprint density at radius 3 is 2.16 bits per heavy atom. The topological polar surface area (TPSA) is 108 Å². The van der Waals surface area contributed by atoms with Crippen LogP contribution in [0.4, 0.5) is 20.2 Å². The summed E-state index contributed by atoms with van der Waals surface area (Å²) < 4.78 is 54.4. The van der Waals surface area contributed by atoms with Crippen LogP contribution in [0.3, 0.4) is 0 Å². The summed E-state index contributed by atoms with van der Waals surface area (Å²) in [5.41, 5.74) is 1.13. The van der Waals surface area contributed by atoms with Gasteiger partial charge in [0.25, 0.3) is 15.9 Å². The number of aromatic nitrogens is 1. The molecule has 0 spiro atoms. The number of nitrogens with one attached hydrogen (secondary N) is 2. The fraction of sp³-hybridized carbons (Fsp3) is 0.0741. The number of nitrogens with zero attached hydrogens (tertiary/aromatic N) is 2. The monoisotopic (exact) mass is 536 g/mol. The number of sulfonamides is 1. The molecule has 194 valence electrons. The van der Waals surface area contributed by atoms with Crippen molar-refractivity contribution in [1.82, 2.24) is 10.3 Å². The van der Waals surface area contributed by atoms with Gasteiger partial charge in [0.05, 0.1) is 21.8 Å². The molecule has 11 heteroatoms. The van der Waals surface area contributed by atoms with Crippen LogP contribution in [0.5, 0.6) is 0 Å². The first kappa shape index (κ1) is 26.4. The zero-order chi connectivity index (χ0) is 27.1. The molecule has 0 fully saturated rings. The first-order valence-electron chi connectivity index (χ1n) is 11.3. The SMILES string of the molecule is O=C(CN(c1ccc(F)cc1)S(=O)(=O)c1ccc(F)cc1)Nc1ccccc1C(=O)NCc1cccnc1. The van der Waals surface area contributed by atoms with Gasteiger partial charge in [0.15, 0.2) is 0 Å². The molecule has 0 radical (unpaired) electrons. The molecule has 3 aromatic carbocycles. The van der Waals surface area contributed by atoms with E-state index < -0.39 is 40.0 Å². The van der Waals surface area contributed by atoms with Crippen LogP contribution in [-0.4, -0.2) is 31.8 Å². The predicted octanol–water partition coefficient (Wildman–Crippen LogP) is 4.12. The molecule has 8 nitrogen and oxygen atoms in total. The summed E-state index contributed by atoms with van der Waals surface area (Å²) in [6, 6.07) is 18.4. The van der Waals surface area contributed by atoms with Crippen molar-refractivity contribution in [3.8, 4) is 0 Å². The molecule has 1 heterocycles. The number of pyridine rings is 1. The predicted molar refractivity (Wildman–Crippen MR) is 138 cm³/mol. The number of benzene rings is 3. The lowest BCUT2D eigenvalue weighted by Crippen LogP contribution is -2.38. The number of amides is 2. The van der Waals surface area contributed by atoms with Crippen molar-refractivity contribution < 1.29 is 26.8 Å². The van der Waals surface area contributed by atoms with Crippen molar-refractivity contribution >= 4 is 33.2 Å². The molecule has 4 rings (SSSR count). The van der Waals surface area contributed by atoms with E-state index in [9.17, 15) is 26.8 Å². The van der Waals surface area contributed by atoms with Gasteiger partial charge in [-0.25, -0.2) is 17.2 Å². The summed E-state index contributed by atoms with van der Waals surface area (Å²) in [5.74, 6) is -2.44. The van der Waals surface area contributed by atoms with Gasteiger partial charge < -0.3 is 10.6 Å². The Labute approximate surface area is 218 Å². The Balaban J connectivity index is 1.56. The number of hydrogen-bond acceptors (Lipinski definition) is 5. The molecule has 0 bridgehead atoms. The lowest BCUT2D eigenvalue weighted by Gasteiger charge is -2.24. The van der Waals surface area contributed by atoms with Gasteiger partial charge in [-0.3, -0.25) is 18.9 Å². The summed E-state index contributed by atoms with van der Waals surface area (Å²) >= 11 is 0. The second kappa shape index (κ2) is 11.6. The van der Waals surface area contributed by atoms with E-state index in [0.29, 0.717) is 0 Å². The lowest BCUT2D eigenvalue weighted by atomic mass is 10.1. The highest BCUT2D eigenvalue weighted by molar-refractivity contribution is 7.92. The Morgan fingerprint density at radius 1 is 0.842 bits per heavy atom. The maximum Gasteiger partial charge on any atom is 0.264 e. The van der Waals surface area contributed by atoms with E-state index in [1.165, 1.54) is 24.3 Å². The average molecular weight is 537 g/mol. The van der Waals surface area contributed by atoms with E-state index in [4.69, 9.17) is 0 Å². The molecule has 0 aliphatic carbocycles. The lowest BCUT2D eigenvalue weighted by molar-refractivity contribution is -0.114. The molecule has 0 saturated heterocycles. The van der Waals surface area contributed by atoms with E-state index >= 15 is 0 Å². The molecule has 0 aliphatic heterocycles. The van der Waals surface area contributed by atoms with E-state index in [1.807, 2.05) is 0 Å². The van der Waals surface area contributed by atoms with Crippen molar-refractivity contribution in [2.75, 3.05) is 16.2 Å². The van der Waals surface area contributed by atoms with Crippen LogP contribution in [0.25, 0.3) is 0 Å². The van der Waals surface area contributed by atoms with E-state index in [1.54, 1.807) is 36.7 Å². The van der Waals surface area contributed by atoms with Gasteiger partial charge in [0.2, 0.25) is 5.91 Å². The Morgan fingerprint density at radius 2 is 1.50 bits per heavy atom. The van der Waals surface area contributed by atoms with Crippen LogP contribution in [0.2, 0.25) is 0 Å². The molecule has 4 aromatic rings.